The number of nitrogens with one attached hydrogen (secondary N) is 1. The molecule has 3 rings (SSSR count). The summed E-state index contributed by atoms with van der Waals surface area (Å²) >= 11 is 1.18. The molecule has 30 heavy (non-hydrogen) atoms. The van der Waals surface area contributed by atoms with Crippen LogP contribution in [-0.2, 0) is 4.79 Å². The van der Waals surface area contributed by atoms with Crippen molar-refractivity contribution in [2.24, 2.45) is 0 Å². The molecule has 5 nitrogen and oxygen atoms in total. The zero-order chi connectivity index (χ0) is 22.1. The van der Waals surface area contributed by atoms with Crippen molar-refractivity contribution in [3.8, 4) is 5.69 Å². The van der Waals surface area contributed by atoms with Crippen molar-refractivity contribution in [3.63, 3.8) is 0 Å². The van der Waals surface area contributed by atoms with Gasteiger partial charge in [-0.05, 0) is 63.9 Å². The van der Waals surface area contributed by atoms with E-state index in [0.717, 1.165) is 6.42 Å². The van der Waals surface area contributed by atoms with Crippen molar-refractivity contribution in [3.05, 3.63) is 64.2 Å². The molecule has 7 heteroatoms. The molecule has 0 saturated heterocycles. The van der Waals surface area contributed by atoms with Crippen LogP contribution in [0.25, 0.3) is 16.6 Å². The molecule has 0 spiro atoms. The smallest absolute Gasteiger partial charge is 0.266 e. The van der Waals surface area contributed by atoms with Gasteiger partial charge < -0.3 is 5.32 Å². The third-order valence-corrected chi connectivity index (χ3v) is 6.21. The zero-order valence-corrected chi connectivity index (χ0v) is 18.6. The van der Waals surface area contributed by atoms with Gasteiger partial charge in [0, 0.05) is 5.54 Å². The number of hydrogen-bond donors (Lipinski definition) is 1. The van der Waals surface area contributed by atoms with Crippen LogP contribution in [0.1, 0.15) is 39.7 Å². The molecule has 1 N–H and O–H groups in total. The molecule has 1 aromatic heterocycles. The number of amides is 1. The summed E-state index contributed by atoms with van der Waals surface area (Å²) in [5.74, 6) is -0.546. The molecule has 0 aliphatic heterocycles. The van der Waals surface area contributed by atoms with Gasteiger partial charge in [-0.2, -0.15) is 0 Å². The summed E-state index contributed by atoms with van der Waals surface area (Å²) in [4.78, 5) is 30.6. The molecule has 0 bridgehead atoms. The number of fused-ring (bicyclic) bond motifs is 1. The predicted molar refractivity (Wildman–Crippen MR) is 120 cm³/mol. The lowest BCUT2D eigenvalue weighted by molar-refractivity contribution is -0.121. The normalized spacial score (nSPS) is 12.7. The average Bonchev–Trinajstić information content (AvgIpc) is 2.70. The number of halogens is 1. The molecule has 0 radical (unpaired) electrons. The van der Waals surface area contributed by atoms with E-state index in [0.29, 0.717) is 27.3 Å². The second-order valence-corrected chi connectivity index (χ2v) is 9.28. The minimum atomic E-state index is -0.495. The molecule has 2 aromatic carbocycles. The highest BCUT2D eigenvalue weighted by atomic mass is 32.2. The van der Waals surface area contributed by atoms with Gasteiger partial charge in [-0.1, -0.05) is 36.9 Å². The molecular weight excluding hydrogens is 401 g/mol. The van der Waals surface area contributed by atoms with Gasteiger partial charge in [-0.15, -0.1) is 0 Å². The molecule has 1 heterocycles. The Balaban J connectivity index is 2.10. The monoisotopic (exact) mass is 427 g/mol. The summed E-state index contributed by atoms with van der Waals surface area (Å²) in [6.45, 7) is 9.36. The summed E-state index contributed by atoms with van der Waals surface area (Å²) in [5, 5.41) is 3.31. The van der Waals surface area contributed by atoms with Gasteiger partial charge in [0.15, 0.2) is 5.16 Å². The first-order valence-electron chi connectivity index (χ1n) is 9.90. The standard InChI is InChI=1S/C23H26FN3O2S/c1-6-23(4,5)26-20(28)15(3)30-22-25-19-10-8-7-9-17(19)21(29)27(22)16-12-11-14(2)18(24)13-16/h7-13,15H,6H2,1-5H3,(H,26,28). The molecule has 1 unspecified atom stereocenters. The Morgan fingerprint density at radius 2 is 1.97 bits per heavy atom. The minimum absolute atomic E-state index is 0.143. The number of benzene rings is 2. The van der Waals surface area contributed by atoms with Crippen LogP contribution < -0.4 is 10.9 Å². The average molecular weight is 428 g/mol. The topological polar surface area (TPSA) is 64.0 Å². The second-order valence-electron chi connectivity index (χ2n) is 7.97. The number of para-hydroxylation sites is 1. The van der Waals surface area contributed by atoms with Crippen LogP contribution in [0.4, 0.5) is 4.39 Å². The van der Waals surface area contributed by atoms with E-state index in [-0.39, 0.29) is 17.0 Å². The number of thioether (sulfide) groups is 1. The molecule has 1 amide bonds. The largest absolute Gasteiger partial charge is 0.350 e. The Morgan fingerprint density at radius 1 is 1.27 bits per heavy atom. The van der Waals surface area contributed by atoms with Crippen molar-refractivity contribution in [1.29, 1.82) is 0 Å². The Morgan fingerprint density at radius 3 is 2.63 bits per heavy atom. The summed E-state index contributed by atoms with van der Waals surface area (Å²) in [6.07, 6.45) is 0.789. The lowest BCUT2D eigenvalue weighted by Crippen LogP contribution is -2.46. The summed E-state index contributed by atoms with van der Waals surface area (Å²) in [7, 11) is 0. The number of carbonyl (C=O) groups is 1. The Labute approximate surface area is 179 Å². The lowest BCUT2D eigenvalue weighted by Gasteiger charge is -2.26. The molecule has 0 saturated carbocycles. The maximum absolute atomic E-state index is 14.3. The highest BCUT2D eigenvalue weighted by Gasteiger charge is 2.25. The van der Waals surface area contributed by atoms with Gasteiger partial charge in [0.2, 0.25) is 5.91 Å². The van der Waals surface area contributed by atoms with E-state index in [1.165, 1.54) is 22.4 Å². The van der Waals surface area contributed by atoms with E-state index in [4.69, 9.17) is 0 Å². The van der Waals surface area contributed by atoms with Crippen LogP contribution in [0.5, 0.6) is 0 Å². The predicted octanol–water partition coefficient (Wildman–Crippen LogP) is 4.62. The summed E-state index contributed by atoms with van der Waals surface area (Å²) < 4.78 is 15.6. The molecule has 1 atom stereocenters. The first-order chi connectivity index (χ1) is 14.1. The van der Waals surface area contributed by atoms with Gasteiger partial charge >= 0.3 is 0 Å². The number of rotatable bonds is 6. The molecule has 0 fully saturated rings. The maximum Gasteiger partial charge on any atom is 0.266 e. The van der Waals surface area contributed by atoms with Crippen molar-refractivity contribution >= 4 is 28.6 Å². The number of nitrogens with zero attached hydrogens (tertiary/aromatic N) is 2. The number of aryl methyl sites for hydroxylation is 1. The fourth-order valence-corrected chi connectivity index (χ4v) is 3.80. The first kappa shape index (κ1) is 22.0. The zero-order valence-electron chi connectivity index (χ0n) is 17.8. The Kier molecular flexibility index (Phi) is 6.31. The molecule has 158 valence electrons. The van der Waals surface area contributed by atoms with Crippen LogP contribution in [0, 0.1) is 12.7 Å². The van der Waals surface area contributed by atoms with Crippen molar-refractivity contribution in [2.75, 3.05) is 0 Å². The third kappa shape index (κ3) is 4.56. The van der Waals surface area contributed by atoms with Crippen molar-refractivity contribution in [2.45, 2.75) is 57.0 Å². The van der Waals surface area contributed by atoms with E-state index in [9.17, 15) is 14.0 Å². The lowest BCUT2D eigenvalue weighted by atomic mass is 10.0. The van der Waals surface area contributed by atoms with Gasteiger partial charge in [0.1, 0.15) is 5.82 Å². The highest BCUT2D eigenvalue weighted by molar-refractivity contribution is 8.00. The van der Waals surface area contributed by atoms with Crippen LogP contribution in [0.3, 0.4) is 0 Å². The van der Waals surface area contributed by atoms with Crippen LogP contribution in [0.2, 0.25) is 0 Å². The van der Waals surface area contributed by atoms with E-state index in [1.54, 1.807) is 50.2 Å². The fourth-order valence-electron chi connectivity index (χ4n) is 2.88. The number of hydrogen-bond acceptors (Lipinski definition) is 4. The van der Waals surface area contributed by atoms with Gasteiger partial charge in [0.05, 0.1) is 21.8 Å². The minimum Gasteiger partial charge on any atom is -0.350 e. The quantitative estimate of drug-likeness (QED) is 0.461. The molecule has 3 aromatic rings. The number of aromatic nitrogens is 2. The van der Waals surface area contributed by atoms with Gasteiger partial charge in [-0.25, -0.2) is 9.37 Å². The molecule has 0 aliphatic rings. The van der Waals surface area contributed by atoms with Crippen LogP contribution >= 0.6 is 11.8 Å². The first-order valence-corrected chi connectivity index (χ1v) is 10.8. The maximum atomic E-state index is 14.3. The number of carbonyl (C=O) groups excluding carboxylic acids is 1. The van der Waals surface area contributed by atoms with Crippen molar-refractivity contribution < 1.29 is 9.18 Å². The van der Waals surface area contributed by atoms with Gasteiger partial charge in [-0.3, -0.25) is 14.2 Å². The van der Waals surface area contributed by atoms with E-state index >= 15 is 0 Å². The fraction of sp³-hybridized carbons (Fsp3) is 0.348. The highest BCUT2D eigenvalue weighted by Crippen LogP contribution is 2.26. The second kappa shape index (κ2) is 8.60. The SMILES string of the molecule is CCC(C)(C)NC(=O)C(C)Sc1nc2ccccc2c(=O)n1-c1ccc(C)c(F)c1. The van der Waals surface area contributed by atoms with Crippen molar-refractivity contribution in [1.82, 2.24) is 14.9 Å². The molecular formula is C23H26FN3O2S. The van der Waals surface area contributed by atoms with Crippen LogP contribution in [-0.4, -0.2) is 26.2 Å². The Hall–Kier alpha value is -2.67. The van der Waals surface area contributed by atoms with E-state index in [1.807, 2.05) is 20.8 Å². The summed E-state index contributed by atoms with van der Waals surface area (Å²) in [5.41, 5.74) is 0.778. The molecule has 0 aliphatic carbocycles. The Bertz CT molecular complexity index is 1160. The summed E-state index contributed by atoms with van der Waals surface area (Å²) in [6, 6.07) is 11.7. The van der Waals surface area contributed by atoms with E-state index in [2.05, 4.69) is 10.3 Å². The van der Waals surface area contributed by atoms with Gasteiger partial charge in [0.25, 0.3) is 5.56 Å². The van der Waals surface area contributed by atoms with Crippen LogP contribution in [0.15, 0.2) is 52.4 Å². The van der Waals surface area contributed by atoms with E-state index < -0.39 is 11.1 Å². The third-order valence-electron chi connectivity index (χ3n) is 5.16.